The lowest BCUT2D eigenvalue weighted by molar-refractivity contribution is -0.125. The van der Waals surface area contributed by atoms with Gasteiger partial charge in [0.1, 0.15) is 12.3 Å². The standard InChI is InChI=1S/C21H25N3O3/c1-3-23(2)13-17-8-6-7-16(11-17)12-22-20(25)14-24-18-9-4-5-10-19(18)27-15-21(24)26/h4-11H,3,12-15H2,1-2H3,(H,22,25). The third-order valence-corrected chi connectivity index (χ3v) is 4.58. The van der Waals surface area contributed by atoms with Gasteiger partial charge in [-0.25, -0.2) is 0 Å². The van der Waals surface area contributed by atoms with Gasteiger partial charge in [-0.3, -0.25) is 14.5 Å². The van der Waals surface area contributed by atoms with Gasteiger partial charge in [0.05, 0.1) is 5.69 Å². The average molecular weight is 367 g/mol. The summed E-state index contributed by atoms with van der Waals surface area (Å²) in [6, 6.07) is 15.4. The first-order chi connectivity index (χ1) is 13.1. The van der Waals surface area contributed by atoms with Crippen LogP contribution >= 0.6 is 0 Å². The van der Waals surface area contributed by atoms with Crippen LogP contribution in [0.25, 0.3) is 0 Å². The Morgan fingerprint density at radius 2 is 1.96 bits per heavy atom. The van der Waals surface area contributed by atoms with E-state index in [1.54, 1.807) is 12.1 Å². The molecule has 1 aliphatic heterocycles. The maximum absolute atomic E-state index is 12.4. The predicted molar refractivity (Wildman–Crippen MR) is 105 cm³/mol. The van der Waals surface area contributed by atoms with E-state index < -0.39 is 0 Å². The van der Waals surface area contributed by atoms with Crippen molar-refractivity contribution in [3.05, 3.63) is 59.7 Å². The lowest BCUT2D eigenvalue weighted by atomic mass is 10.1. The number of nitrogens with one attached hydrogen (secondary N) is 1. The average Bonchev–Trinajstić information content (AvgIpc) is 2.69. The highest BCUT2D eigenvalue weighted by Gasteiger charge is 2.26. The molecule has 0 aliphatic carbocycles. The van der Waals surface area contributed by atoms with Gasteiger partial charge < -0.3 is 15.0 Å². The molecule has 0 spiro atoms. The molecule has 1 N–H and O–H groups in total. The quantitative estimate of drug-likeness (QED) is 0.815. The summed E-state index contributed by atoms with van der Waals surface area (Å²) in [4.78, 5) is 28.2. The molecular weight excluding hydrogens is 342 g/mol. The number of amides is 2. The fourth-order valence-corrected chi connectivity index (χ4v) is 2.99. The van der Waals surface area contributed by atoms with E-state index in [9.17, 15) is 9.59 Å². The number of anilines is 1. The van der Waals surface area contributed by atoms with Crippen LogP contribution in [-0.2, 0) is 22.7 Å². The van der Waals surface area contributed by atoms with Crippen molar-refractivity contribution in [3.8, 4) is 5.75 Å². The molecule has 1 aliphatic rings. The van der Waals surface area contributed by atoms with Crippen LogP contribution in [-0.4, -0.2) is 43.5 Å². The zero-order valence-electron chi connectivity index (χ0n) is 15.8. The number of hydrogen-bond acceptors (Lipinski definition) is 4. The fraction of sp³-hybridized carbons (Fsp3) is 0.333. The molecule has 27 heavy (non-hydrogen) atoms. The van der Waals surface area contributed by atoms with Gasteiger partial charge in [0.2, 0.25) is 5.91 Å². The minimum absolute atomic E-state index is 0.0164. The first kappa shape index (κ1) is 18.9. The zero-order valence-corrected chi connectivity index (χ0v) is 15.8. The van der Waals surface area contributed by atoms with Crippen molar-refractivity contribution >= 4 is 17.5 Å². The van der Waals surface area contributed by atoms with Gasteiger partial charge in [-0.2, -0.15) is 0 Å². The number of rotatable bonds is 7. The topological polar surface area (TPSA) is 61.9 Å². The molecule has 0 atom stereocenters. The molecule has 0 aromatic heterocycles. The fourth-order valence-electron chi connectivity index (χ4n) is 2.99. The minimum atomic E-state index is -0.214. The summed E-state index contributed by atoms with van der Waals surface area (Å²) >= 11 is 0. The lowest BCUT2D eigenvalue weighted by Crippen LogP contribution is -2.45. The third-order valence-electron chi connectivity index (χ3n) is 4.58. The Morgan fingerprint density at radius 3 is 2.78 bits per heavy atom. The van der Waals surface area contributed by atoms with Crippen molar-refractivity contribution in [2.75, 3.05) is 31.6 Å². The van der Waals surface area contributed by atoms with E-state index in [0.717, 1.165) is 18.7 Å². The van der Waals surface area contributed by atoms with Crippen molar-refractivity contribution in [1.29, 1.82) is 0 Å². The van der Waals surface area contributed by atoms with E-state index in [1.807, 2.05) is 24.3 Å². The van der Waals surface area contributed by atoms with Gasteiger partial charge in [0, 0.05) is 13.1 Å². The lowest BCUT2D eigenvalue weighted by Gasteiger charge is -2.28. The molecule has 2 aromatic rings. The first-order valence-corrected chi connectivity index (χ1v) is 9.12. The second-order valence-corrected chi connectivity index (χ2v) is 6.66. The predicted octanol–water partition coefficient (Wildman–Crippen LogP) is 2.18. The molecule has 0 bridgehead atoms. The van der Waals surface area contributed by atoms with E-state index >= 15 is 0 Å². The molecule has 0 fully saturated rings. The van der Waals surface area contributed by atoms with Crippen LogP contribution in [0.1, 0.15) is 18.1 Å². The second-order valence-electron chi connectivity index (χ2n) is 6.66. The van der Waals surface area contributed by atoms with Crippen molar-refractivity contribution in [3.63, 3.8) is 0 Å². The summed E-state index contributed by atoms with van der Waals surface area (Å²) < 4.78 is 5.40. The Balaban J connectivity index is 1.59. The van der Waals surface area contributed by atoms with Crippen LogP contribution in [0.2, 0.25) is 0 Å². The zero-order chi connectivity index (χ0) is 19.2. The van der Waals surface area contributed by atoms with E-state index in [1.165, 1.54) is 10.5 Å². The minimum Gasteiger partial charge on any atom is -0.482 e. The molecule has 6 nitrogen and oxygen atoms in total. The molecule has 2 aromatic carbocycles. The number of carbonyl (C=O) groups is 2. The molecule has 0 unspecified atom stereocenters. The molecule has 1 heterocycles. The van der Waals surface area contributed by atoms with E-state index in [0.29, 0.717) is 18.0 Å². The van der Waals surface area contributed by atoms with Gasteiger partial charge >= 0.3 is 0 Å². The maximum Gasteiger partial charge on any atom is 0.265 e. The monoisotopic (exact) mass is 367 g/mol. The van der Waals surface area contributed by atoms with E-state index in [4.69, 9.17) is 4.74 Å². The van der Waals surface area contributed by atoms with Crippen LogP contribution in [0.5, 0.6) is 5.75 Å². The first-order valence-electron chi connectivity index (χ1n) is 9.12. The summed E-state index contributed by atoms with van der Waals surface area (Å²) in [6.07, 6.45) is 0. The molecule has 0 radical (unpaired) electrons. The summed E-state index contributed by atoms with van der Waals surface area (Å²) in [5, 5.41) is 2.90. The van der Waals surface area contributed by atoms with Crippen LogP contribution in [0.15, 0.2) is 48.5 Å². The van der Waals surface area contributed by atoms with Crippen molar-refractivity contribution in [2.24, 2.45) is 0 Å². The Morgan fingerprint density at radius 1 is 1.19 bits per heavy atom. The second kappa shape index (κ2) is 8.68. The SMILES string of the molecule is CCN(C)Cc1cccc(CNC(=O)CN2C(=O)COc3ccccc32)c1. The number of benzene rings is 2. The Bertz CT molecular complexity index is 822. The van der Waals surface area contributed by atoms with Gasteiger partial charge in [-0.05, 0) is 36.9 Å². The number of fused-ring (bicyclic) bond motifs is 1. The number of ether oxygens (including phenoxy) is 1. The number of carbonyl (C=O) groups excluding carboxylic acids is 2. The molecule has 2 amide bonds. The van der Waals surface area contributed by atoms with E-state index in [2.05, 4.69) is 36.3 Å². The molecule has 3 rings (SSSR count). The molecule has 142 valence electrons. The third kappa shape index (κ3) is 4.86. The van der Waals surface area contributed by atoms with Gasteiger partial charge in [0.25, 0.3) is 5.91 Å². The summed E-state index contributed by atoms with van der Waals surface area (Å²) in [5.41, 5.74) is 2.89. The molecule has 0 saturated carbocycles. The van der Waals surface area contributed by atoms with Crippen molar-refractivity contribution in [1.82, 2.24) is 10.2 Å². The number of para-hydroxylation sites is 2. The maximum atomic E-state index is 12.4. The Hall–Kier alpha value is -2.86. The highest BCUT2D eigenvalue weighted by atomic mass is 16.5. The molecule has 0 saturated heterocycles. The van der Waals surface area contributed by atoms with E-state index in [-0.39, 0.29) is 25.0 Å². The van der Waals surface area contributed by atoms with Crippen LogP contribution in [0.4, 0.5) is 5.69 Å². The number of nitrogens with zero attached hydrogens (tertiary/aromatic N) is 2. The highest BCUT2D eigenvalue weighted by Crippen LogP contribution is 2.31. The van der Waals surface area contributed by atoms with Crippen LogP contribution < -0.4 is 15.0 Å². The number of hydrogen-bond donors (Lipinski definition) is 1. The highest BCUT2D eigenvalue weighted by molar-refractivity contribution is 6.02. The van der Waals surface area contributed by atoms with Gasteiger partial charge in [-0.15, -0.1) is 0 Å². The van der Waals surface area contributed by atoms with Gasteiger partial charge in [-0.1, -0.05) is 43.3 Å². The normalized spacial score (nSPS) is 13.3. The smallest absolute Gasteiger partial charge is 0.265 e. The summed E-state index contributed by atoms with van der Waals surface area (Å²) in [5.74, 6) is 0.210. The Kier molecular flexibility index (Phi) is 6.08. The Labute approximate surface area is 159 Å². The van der Waals surface area contributed by atoms with Gasteiger partial charge in [0.15, 0.2) is 6.61 Å². The van der Waals surface area contributed by atoms with Crippen LogP contribution in [0, 0.1) is 0 Å². The van der Waals surface area contributed by atoms with Crippen LogP contribution in [0.3, 0.4) is 0 Å². The van der Waals surface area contributed by atoms with Crippen molar-refractivity contribution < 1.29 is 14.3 Å². The molecular formula is C21H25N3O3. The summed E-state index contributed by atoms with van der Waals surface area (Å²) in [7, 11) is 2.08. The summed E-state index contributed by atoms with van der Waals surface area (Å²) in [6.45, 7) is 4.35. The van der Waals surface area contributed by atoms with Crippen molar-refractivity contribution in [2.45, 2.75) is 20.0 Å². The molecule has 6 heteroatoms. The largest absolute Gasteiger partial charge is 0.482 e.